The van der Waals surface area contributed by atoms with E-state index in [0.29, 0.717) is 5.02 Å². The normalized spacial score (nSPS) is 9.36. The first-order valence-electron chi connectivity index (χ1n) is 4.35. The van der Waals surface area contributed by atoms with Gasteiger partial charge in [0.05, 0.1) is 0 Å². The monoisotopic (exact) mass is 212 g/mol. The summed E-state index contributed by atoms with van der Waals surface area (Å²) in [5.41, 5.74) is 0.782. The number of rotatable bonds is 2. The van der Waals surface area contributed by atoms with Crippen LogP contribution in [0.25, 0.3) is 6.08 Å². The van der Waals surface area contributed by atoms with Crippen molar-refractivity contribution in [2.24, 2.45) is 0 Å². The number of hydrogen-bond acceptors (Lipinski definition) is 1. The van der Waals surface area contributed by atoms with Gasteiger partial charge in [-0.1, -0.05) is 37.6 Å². The quantitative estimate of drug-likeness (QED) is 0.763. The number of carbonyl (C=O) groups is 1. The lowest BCUT2D eigenvalue weighted by Crippen LogP contribution is -1.85. The molecular weight excluding hydrogens is 200 g/mol. The third-order valence-corrected chi connectivity index (χ3v) is 1.50. The van der Waals surface area contributed by atoms with Crippen molar-refractivity contribution in [2.75, 3.05) is 0 Å². The van der Waals surface area contributed by atoms with Crippen molar-refractivity contribution in [1.29, 1.82) is 0 Å². The number of halogens is 1. The lowest BCUT2D eigenvalue weighted by molar-refractivity contribution is -0.131. The van der Waals surface area contributed by atoms with Gasteiger partial charge in [-0.25, -0.2) is 4.79 Å². The van der Waals surface area contributed by atoms with Gasteiger partial charge in [0.15, 0.2) is 0 Å². The van der Waals surface area contributed by atoms with Gasteiger partial charge in [-0.2, -0.15) is 0 Å². The Labute approximate surface area is 88.8 Å². The Bertz CT molecular complexity index is 319. The maximum absolute atomic E-state index is 10.1. The minimum absolute atomic E-state index is 0.600. The Morgan fingerprint density at radius 3 is 2.57 bits per heavy atom. The topological polar surface area (TPSA) is 37.3 Å². The average molecular weight is 213 g/mol. The van der Waals surface area contributed by atoms with Gasteiger partial charge < -0.3 is 5.11 Å². The minimum Gasteiger partial charge on any atom is -0.478 e. The predicted molar refractivity (Wildman–Crippen MR) is 59.5 cm³/mol. The van der Waals surface area contributed by atoms with Gasteiger partial charge in [0.1, 0.15) is 0 Å². The van der Waals surface area contributed by atoms with Crippen molar-refractivity contribution in [3.05, 3.63) is 40.9 Å². The zero-order valence-corrected chi connectivity index (χ0v) is 8.95. The van der Waals surface area contributed by atoms with E-state index in [1.807, 2.05) is 13.8 Å². The summed E-state index contributed by atoms with van der Waals surface area (Å²) in [4.78, 5) is 10.1. The molecule has 0 aliphatic heterocycles. The lowest BCUT2D eigenvalue weighted by Gasteiger charge is -1.92. The molecule has 3 heteroatoms. The van der Waals surface area contributed by atoms with E-state index in [0.717, 1.165) is 11.6 Å². The van der Waals surface area contributed by atoms with E-state index >= 15 is 0 Å². The van der Waals surface area contributed by atoms with Gasteiger partial charge in [-0.3, -0.25) is 0 Å². The van der Waals surface area contributed by atoms with Crippen molar-refractivity contribution < 1.29 is 9.90 Å². The van der Waals surface area contributed by atoms with E-state index in [4.69, 9.17) is 16.7 Å². The van der Waals surface area contributed by atoms with Crippen LogP contribution in [0.4, 0.5) is 0 Å². The predicted octanol–water partition coefficient (Wildman–Crippen LogP) is 3.46. The average Bonchev–Trinajstić information content (AvgIpc) is 2.18. The van der Waals surface area contributed by atoms with Crippen LogP contribution in [0, 0.1) is 0 Å². The van der Waals surface area contributed by atoms with Crippen LogP contribution in [0.3, 0.4) is 0 Å². The first-order chi connectivity index (χ1) is 6.68. The number of benzene rings is 1. The van der Waals surface area contributed by atoms with Gasteiger partial charge in [0.2, 0.25) is 0 Å². The molecule has 0 bridgehead atoms. The van der Waals surface area contributed by atoms with Crippen LogP contribution >= 0.6 is 11.6 Å². The van der Waals surface area contributed by atoms with Crippen LogP contribution in [0.15, 0.2) is 30.3 Å². The summed E-state index contributed by atoms with van der Waals surface area (Å²) in [6, 6.07) is 6.98. The van der Waals surface area contributed by atoms with Crippen molar-refractivity contribution >= 4 is 23.6 Å². The molecule has 2 nitrogen and oxygen atoms in total. The second kappa shape index (κ2) is 7.15. The fourth-order valence-electron chi connectivity index (χ4n) is 0.778. The van der Waals surface area contributed by atoms with E-state index in [9.17, 15) is 4.79 Å². The third-order valence-electron chi connectivity index (χ3n) is 1.27. The highest BCUT2D eigenvalue weighted by Gasteiger charge is 1.90. The molecule has 0 saturated heterocycles. The molecule has 0 saturated carbocycles. The molecule has 1 aromatic carbocycles. The minimum atomic E-state index is -0.963. The van der Waals surface area contributed by atoms with Gasteiger partial charge in [-0.15, -0.1) is 0 Å². The zero-order chi connectivity index (χ0) is 11.0. The number of hydrogen-bond donors (Lipinski definition) is 1. The van der Waals surface area contributed by atoms with E-state index in [-0.39, 0.29) is 0 Å². The molecule has 1 N–H and O–H groups in total. The molecule has 0 aliphatic rings. The fraction of sp³-hybridized carbons (Fsp3) is 0.182. The highest BCUT2D eigenvalue weighted by Crippen LogP contribution is 2.11. The van der Waals surface area contributed by atoms with E-state index < -0.39 is 5.97 Å². The molecule has 0 spiro atoms. The molecule has 1 rings (SSSR count). The highest BCUT2D eigenvalue weighted by molar-refractivity contribution is 6.30. The first-order valence-corrected chi connectivity index (χ1v) is 4.73. The fourth-order valence-corrected chi connectivity index (χ4v) is 0.977. The Balaban J connectivity index is 0.000000791. The second-order valence-corrected chi connectivity index (χ2v) is 2.66. The van der Waals surface area contributed by atoms with Crippen molar-refractivity contribution in [3.8, 4) is 0 Å². The molecule has 0 aliphatic carbocycles. The third kappa shape index (κ3) is 5.38. The summed E-state index contributed by atoms with van der Waals surface area (Å²) in [7, 11) is 0. The molecule has 0 unspecified atom stereocenters. The van der Waals surface area contributed by atoms with Crippen molar-refractivity contribution in [3.63, 3.8) is 0 Å². The molecule has 1 aromatic rings. The lowest BCUT2D eigenvalue weighted by atomic mass is 10.2. The summed E-state index contributed by atoms with van der Waals surface area (Å²) < 4.78 is 0. The van der Waals surface area contributed by atoms with E-state index in [2.05, 4.69) is 0 Å². The molecule has 0 fully saturated rings. The molecule has 14 heavy (non-hydrogen) atoms. The Kier molecular flexibility index (Phi) is 6.50. The largest absolute Gasteiger partial charge is 0.478 e. The summed E-state index contributed by atoms with van der Waals surface area (Å²) >= 11 is 5.68. The Hall–Kier alpha value is -1.28. The molecular formula is C11H13ClO2. The van der Waals surface area contributed by atoms with E-state index in [1.165, 1.54) is 6.08 Å². The van der Waals surface area contributed by atoms with Crippen LogP contribution in [0.2, 0.25) is 5.02 Å². The summed E-state index contributed by atoms with van der Waals surface area (Å²) in [6.45, 7) is 4.00. The number of carboxylic acids is 1. The van der Waals surface area contributed by atoms with Crippen molar-refractivity contribution in [2.45, 2.75) is 13.8 Å². The molecule has 0 atom stereocenters. The summed E-state index contributed by atoms with van der Waals surface area (Å²) in [6.07, 6.45) is 2.57. The highest BCUT2D eigenvalue weighted by atomic mass is 35.5. The maximum atomic E-state index is 10.1. The number of carboxylic acid groups (broad SMARTS) is 1. The summed E-state index contributed by atoms with van der Waals surface area (Å²) in [5, 5.41) is 8.92. The second-order valence-electron chi connectivity index (χ2n) is 2.23. The standard InChI is InChI=1S/C9H7ClO2.C2H6/c10-8-3-1-2-7(6-8)4-5-9(11)12;1-2/h1-6H,(H,11,12);1-2H3/b5-4+;. The number of aliphatic carboxylic acids is 1. The molecule has 0 amide bonds. The zero-order valence-electron chi connectivity index (χ0n) is 8.20. The van der Waals surface area contributed by atoms with Crippen LogP contribution in [-0.2, 0) is 4.79 Å². The van der Waals surface area contributed by atoms with Gasteiger partial charge in [0, 0.05) is 11.1 Å². The van der Waals surface area contributed by atoms with Crippen molar-refractivity contribution in [1.82, 2.24) is 0 Å². The van der Waals surface area contributed by atoms with E-state index in [1.54, 1.807) is 24.3 Å². The Morgan fingerprint density at radius 1 is 1.43 bits per heavy atom. The molecule has 76 valence electrons. The van der Waals surface area contributed by atoms with Gasteiger partial charge >= 0.3 is 5.97 Å². The first kappa shape index (κ1) is 12.7. The maximum Gasteiger partial charge on any atom is 0.328 e. The van der Waals surface area contributed by atoms with Crippen LogP contribution in [0.5, 0.6) is 0 Å². The molecule has 0 aromatic heterocycles. The molecule has 0 heterocycles. The SMILES string of the molecule is CC.O=C(O)/C=C/c1cccc(Cl)c1. The van der Waals surface area contributed by atoms with Crippen LogP contribution in [0.1, 0.15) is 19.4 Å². The van der Waals surface area contributed by atoms with Gasteiger partial charge in [0.25, 0.3) is 0 Å². The summed E-state index contributed by atoms with van der Waals surface area (Å²) in [5.74, 6) is -0.963. The molecule has 0 radical (unpaired) electrons. The van der Waals surface area contributed by atoms with Crippen LogP contribution in [-0.4, -0.2) is 11.1 Å². The van der Waals surface area contributed by atoms with Gasteiger partial charge in [-0.05, 0) is 23.8 Å². The smallest absolute Gasteiger partial charge is 0.328 e. The Morgan fingerprint density at radius 2 is 2.07 bits per heavy atom. The van der Waals surface area contributed by atoms with Crippen LogP contribution < -0.4 is 0 Å².